The van der Waals surface area contributed by atoms with Gasteiger partial charge in [0.15, 0.2) is 0 Å². The first-order valence-corrected chi connectivity index (χ1v) is 6.26. The fourth-order valence-corrected chi connectivity index (χ4v) is 1.68. The standard InChI is InChI=1S/C11H20N4O4/c1-2-3-10(16)5-12-6-11(17)8-14-7-9(4-13-14)15(18)19/h4,7,10-12,16-17H,2-3,5-6,8H2,1H3. The Morgan fingerprint density at radius 2 is 2.16 bits per heavy atom. The molecule has 1 heterocycles. The number of hydrogen-bond donors (Lipinski definition) is 3. The molecule has 0 aliphatic heterocycles. The quantitative estimate of drug-likeness (QED) is 0.427. The highest BCUT2D eigenvalue weighted by molar-refractivity contribution is 5.20. The van der Waals surface area contributed by atoms with E-state index in [2.05, 4.69) is 10.4 Å². The van der Waals surface area contributed by atoms with Crippen LogP contribution in [0.5, 0.6) is 0 Å². The van der Waals surface area contributed by atoms with E-state index < -0.39 is 17.1 Å². The maximum Gasteiger partial charge on any atom is 0.306 e. The molecular formula is C11H20N4O4. The lowest BCUT2D eigenvalue weighted by Crippen LogP contribution is -2.35. The van der Waals surface area contributed by atoms with Gasteiger partial charge in [-0.15, -0.1) is 0 Å². The highest BCUT2D eigenvalue weighted by Crippen LogP contribution is 2.07. The minimum absolute atomic E-state index is 0.0986. The summed E-state index contributed by atoms with van der Waals surface area (Å²) < 4.78 is 1.33. The third-order valence-electron chi connectivity index (χ3n) is 2.61. The average Bonchev–Trinajstić information content (AvgIpc) is 2.78. The average molecular weight is 272 g/mol. The smallest absolute Gasteiger partial charge is 0.306 e. The van der Waals surface area contributed by atoms with Crippen LogP contribution in [0.15, 0.2) is 12.4 Å². The second-order valence-electron chi connectivity index (χ2n) is 4.43. The van der Waals surface area contributed by atoms with E-state index in [4.69, 9.17) is 0 Å². The van der Waals surface area contributed by atoms with Crippen molar-refractivity contribution in [2.45, 2.75) is 38.5 Å². The molecule has 0 saturated carbocycles. The van der Waals surface area contributed by atoms with Gasteiger partial charge in [0.25, 0.3) is 0 Å². The normalized spacial score (nSPS) is 14.3. The molecule has 0 bridgehead atoms. The summed E-state index contributed by atoms with van der Waals surface area (Å²) in [6.45, 7) is 2.88. The van der Waals surface area contributed by atoms with E-state index in [0.29, 0.717) is 19.5 Å². The summed E-state index contributed by atoms with van der Waals surface area (Å²) in [6.07, 6.45) is 2.91. The van der Waals surface area contributed by atoms with E-state index in [0.717, 1.165) is 12.6 Å². The molecule has 1 rings (SSSR count). The molecule has 0 radical (unpaired) electrons. The van der Waals surface area contributed by atoms with E-state index in [9.17, 15) is 20.3 Å². The zero-order valence-electron chi connectivity index (χ0n) is 10.9. The third-order valence-corrected chi connectivity index (χ3v) is 2.61. The van der Waals surface area contributed by atoms with Crippen molar-refractivity contribution in [1.29, 1.82) is 0 Å². The maximum absolute atomic E-state index is 10.5. The number of aliphatic hydroxyl groups excluding tert-OH is 2. The molecule has 19 heavy (non-hydrogen) atoms. The number of nitrogens with zero attached hydrogens (tertiary/aromatic N) is 3. The Balaban J connectivity index is 2.26. The lowest BCUT2D eigenvalue weighted by molar-refractivity contribution is -0.385. The molecule has 0 fully saturated rings. The Kier molecular flexibility index (Phi) is 6.40. The lowest BCUT2D eigenvalue weighted by Gasteiger charge is -2.14. The molecule has 0 aromatic carbocycles. The number of aliphatic hydroxyl groups is 2. The van der Waals surface area contributed by atoms with Gasteiger partial charge in [-0.1, -0.05) is 13.3 Å². The number of aromatic nitrogens is 2. The molecule has 8 nitrogen and oxygen atoms in total. The monoisotopic (exact) mass is 272 g/mol. The molecule has 0 saturated heterocycles. The second-order valence-corrected chi connectivity index (χ2v) is 4.43. The Morgan fingerprint density at radius 1 is 1.47 bits per heavy atom. The molecule has 0 aliphatic carbocycles. The first-order valence-electron chi connectivity index (χ1n) is 6.26. The molecule has 0 aliphatic rings. The predicted octanol–water partition coefficient (Wildman–Crippen LogP) is -0.0972. The molecule has 0 spiro atoms. The first kappa shape index (κ1) is 15.5. The minimum atomic E-state index is -0.715. The number of hydrogen-bond acceptors (Lipinski definition) is 6. The first-order chi connectivity index (χ1) is 9.02. The summed E-state index contributed by atoms with van der Waals surface area (Å²) in [5.74, 6) is 0. The third kappa shape index (κ3) is 5.77. The Morgan fingerprint density at radius 3 is 2.74 bits per heavy atom. The van der Waals surface area contributed by atoms with Crippen molar-refractivity contribution in [1.82, 2.24) is 15.1 Å². The summed E-state index contributed by atoms with van der Waals surface area (Å²) in [5, 5.41) is 36.4. The van der Waals surface area contributed by atoms with Gasteiger partial charge in [-0.2, -0.15) is 5.10 Å². The van der Waals surface area contributed by atoms with Crippen LogP contribution in [0.4, 0.5) is 5.69 Å². The second kappa shape index (κ2) is 7.82. The van der Waals surface area contributed by atoms with Crippen molar-refractivity contribution < 1.29 is 15.1 Å². The SMILES string of the molecule is CCCC(O)CNCC(O)Cn1cc([N+](=O)[O-])cn1. The van der Waals surface area contributed by atoms with Crippen LogP contribution in [0.2, 0.25) is 0 Å². The van der Waals surface area contributed by atoms with Crippen LogP contribution in [0, 0.1) is 10.1 Å². The largest absolute Gasteiger partial charge is 0.392 e. The topological polar surface area (TPSA) is 113 Å². The van der Waals surface area contributed by atoms with Gasteiger partial charge in [-0.3, -0.25) is 14.8 Å². The van der Waals surface area contributed by atoms with Crippen LogP contribution in [-0.4, -0.2) is 50.2 Å². The van der Waals surface area contributed by atoms with E-state index in [-0.39, 0.29) is 12.2 Å². The van der Waals surface area contributed by atoms with E-state index in [1.54, 1.807) is 0 Å². The number of rotatable bonds is 9. The molecule has 3 N–H and O–H groups in total. The van der Waals surface area contributed by atoms with Crippen LogP contribution in [0.3, 0.4) is 0 Å². The van der Waals surface area contributed by atoms with Gasteiger partial charge in [0.05, 0.1) is 23.7 Å². The van der Waals surface area contributed by atoms with Gasteiger partial charge in [0.2, 0.25) is 0 Å². The van der Waals surface area contributed by atoms with Crippen molar-refractivity contribution in [3.63, 3.8) is 0 Å². The molecular weight excluding hydrogens is 252 g/mol. The molecule has 1 aromatic heterocycles. The highest BCUT2D eigenvalue weighted by atomic mass is 16.6. The van der Waals surface area contributed by atoms with Crippen LogP contribution in [0.1, 0.15) is 19.8 Å². The fourth-order valence-electron chi connectivity index (χ4n) is 1.68. The molecule has 2 unspecified atom stereocenters. The van der Waals surface area contributed by atoms with E-state index in [1.807, 2.05) is 6.92 Å². The molecule has 8 heteroatoms. The molecule has 1 aromatic rings. The van der Waals surface area contributed by atoms with Gasteiger partial charge < -0.3 is 15.5 Å². The lowest BCUT2D eigenvalue weighted by atomic mass is 10.2. The molecule has 0 amide bonds. The van der Waals surface area contributed by atoms with Gasteiger partial charge in [-0.25, -0.2) is 0 Å². The van der Waals surface area contributed by atoms with Crippen molar-refractivity contribution in [2.24, 2.45) is 0 Å². The van der Waals surface area contributed by atoms with Crippen LogP contribution in [0.25, 0.3) is 0 Å². The minimum Gasteiger partial charge on any atom is -0.392 e. The maximum atomic E-state index is 10.5. The van der Waals surface area contributed by atoms with Crippen LogP contribution < -0.4 is 5.32 Å². The van der Waals surface area contributed by atoms with Crippen molar-refractivity contribution in [3.05, 3.63) is 22.5 Å². The Hall–Kier alpha value is -1.51. The zero-order chi connectivity index (χ0) is 14.3. The fraction of sp³-hybridized carbons (Fsp3) is 0.727. The van der Waals surface area contributed by atoms with Gasteiger partial charge >= 0.3 is 5.69 Å². The number of nitro groups is 1. The van der Waals surface area contributed by atoms with Crippen molar-refractivity contribution >= 4 is 5.69 Å². The highest BCUT2D eigenvalue weighted by Gasteiger charge is 2.12. The zero-order valence-corrected chi connectivity index (χ0v) is 10.9. The Bertz CT molecular complexity index is 396. The van der Waals surface area contributed by atoms with Crippen LogP contribution in [-0.2, 0) is 6.54 Å². The van der Waals surface area contributed by atoms with Gasteiger partial charge in [-0.05, 0) is 6.42 Å². The summed E-state index contributed by atoms with van der Waals surface area (Å²) in [5.41, 5.74) is -0.0986. The van der Waals surface area contributed by atoms with Crippen molar-refractivity contribution in [3.8, 4) is 0 Å². The number of nitrogens with one attached hydrogen (secondary N) is 1. The predicted molar refractivity (Wildman–Crippen MR) is 68.7 cm³/mol. The van der Waals surface area contributed by atoms with Gasteiger partial charge in [0.1, 0.15) is 12.4 Å². The summed E-state index contributed by atoms with van der Waals surface area (Å²) in [4.78, 5) is 9.93. The van der Waals surface area contributed by atoms with E-state index in [1.165, 1.54) is 10.9 Å². The van der Waals surface area contributed by atoms with E-state index >= 15 is 0 Å². The summed E-state index contributed by atoms with van der Waals surface area (Å²) in [6, 6.07) is 0. The van der Waals surface area contributed by atoms with Gasteiger partial charge in [0, 0.05) is 13.1 Å². The molecule has 2 atom stereocenters. The van der Waals surface area contributed by atoms with Crippen LogP contribution >= 0.6 is 0 Å². The Labute approximate surface area is 111 Å². The summed E-state index contributed by atoms with van der Waals surface area (Å²) in [7, 11) is 0. The van der Waals surface area contributed by atoms with Crippen molar-refractivity contribution in [2.75, 3.05) is 13.1 Å². The summed E-state index contributed by atoms with van der Waals surface area (Å²) >= 11 is 0. The molecule has 108 valence electrons.